The summed E-state index contributed by atoms with van der Waals surface area (Å²) < 4.78 is 21.2. The number of hydrogen-bond donors (Lipinski definition) is 0. The SMILES string of the molecule is CCCCCCCCCCCCSC(=S)SC(C)(C#N)CCC(=O)OCCOCCOCCOCCN=[N+]=[N-]. The van der Waals surface area contributed by atoms with Gasteiger partial charge in [0.15, 0.2) is 0 Å². The largest absolute Gasteiger partial charge is 0.463 e. The van der Waals surface area contributed by atoms with Gasteiger partial charge in [0.25, 0.3) is 0 Å². The highest BCUT2D eigenvalue weighted by Gasteiger charge is 2.28. The third-order valence-corrected chi connectivity index (χ3v) is 8.55. The zero-order valence-electron chi connectivity index (χ0n) is 23.9. The van der Waals surface area contributed by atoms with E-state index in [2.05, 4.69) is 23.0 Å². The molecular formula is C27H48N4O5S3. The summed E-state index contributed by atoms with van der Waals surface area (Å²) in [5.74, 6) is 0.627. The van der Waals surface area contributed by atoms with Crippen molar-refractivity contribution in [1.29, 1.82) is 5.26 Å². The lowest BCUT2D eigenvalue weighted by molar-refractivity contribution is -0.145. The first-order valence-corrected chi connectivity index (χ1v) is 16.3. The molecule has 0 spiro atoms. The molecule has 39 heavy (non-hydrogen) atoms. The van der Waals surface area contributed by atoms with Crippen LogP contribution in [0.1, 0.15) is 90.9 Å². The van der Waals surface area contributed by atoms with Crippen LogP contribution in [0.5, 0.6) is 0 Å². The Hall–Kier alpha value is -1.06. The fraction of sp³-hybridized carbons (Fsp3) is 0.889. The molecule has 0 amide bonds. The Kier molecular flexibility index (Phi) is 27.7. The number of hydrogen-bond acceptors (Lipinski definition) is 10. The van der Waals surface area contributed by atoms with Crippen molar-refractivity contribution < 1.29 is 23.7 Å². The summed E-state index contributed by atoms with van der Waals surface area (Å²) in [6, 6.07) is 2.31. The summed E-state index contributed by atoms with van der Waals surface area (Å²) in [6.45, 7) is 6.81. The van der Waals surface area contributed by atoms with E-state index in [1.807, 2.05) is 6.92 Å². The maximum atomic E-state index is 12.1. The molecule has 0 rings (SSSR count). The van der Waals surface area contributed by atoms with Gasteiger partial charge in [-0.05, 0) is 31.0 Å². The minimum Gasteiger partial charge on any atom is -0.463 e. The topological polar surface area (TPSA) is 127 Å². The van der Waals surface area contributed by atoms with Gasteiger partial charge in [0.05, 0.1) is 45.7 Å². The third kappa shape index (κ3) is 26.9. The molecule has 0 radical (unpaired) electrons. The van der Waals surface area contributed by atoms with Gasteiger partial charge in [-0.15, -0.1) is 11.8 Å². The van der Waals surface area contributed by atoms with E-state index in [4.69, 9.17) is 36.7 Å². The van der Waals surface area contributed by atoms with Gasteiger partial charge < -0.3 is 18.9 Å². The first-order valence-electron chi connectivity index (χ1n) is 14.1. The maximum absolute atomic E-state index is 12.1. The smallest absolute Gasteiger partial charge is 0.305 e. The minimum atomic E-state index is -0.749. The van der Waals surface area contributed by atoms with Crippen LogP contribution in [-0.4, -0.2) is 72.8 Å². The number of ether oxygens (including phenoxy) is 4. The predicted octanol–water partition coefficient (Wildman–Crippen LogP) is 7.62. The molecule has 9 nitrogen and oxygen atoms in total. The van der Waals surface area contributed by atoms with E-state index in [9.17, 15) is 10.1 Å². The Bertz CT molecular complexity index is 720. The number of thiocarbonyl (C=S) groups is 1. The molecule has 0 saturated heterocycles. The first kappa shape index (κ1) is 37.9. The lowest BCUT2D eigenvalue weighted by Crippen LogP contribution is -2.22. The summed E-state index contributed by atoms with van der Waals surface area (Å²) in [6.07, 6.45) is 13.6. The third-order valence-electron chi connectivity index (χ3n) is 5.70. The van der Waals surface area contributed by atoms with Crippen molar-refractivity contribution >= 4 is 45.2 Å². The second kappa shape index (κ2) is 28.5. The summed E-state index contributed by atoms with van der Waals surface area (Å²) >= 11 is 8.51. The summed E-state index contributed by atoms with van der Waals surface area (Å²) in [4.78, 5) is 14.7. The zero-order chi connectivity index (χ0) is 28.9. The van der Waals surface area contributed by atoms with Gasteiger partial charge in [0.2, 0.25) is 0 Å². The number of thioether (sulfide) groups is 2. The summed E-state index contributed by atoms with van der Waals surface area (Å²) in [7, 11) is 0. The second-order valence-corrected chi connectivity index (χ2v) is 13.0. The van der Waals surface area contributed by atoms with Crippen molar-refractivity contribution in [2.24, 2.45) is 5.11 Å². The van der Waals surface area contributed by atoms with Gasteiger partial charge in [-0.2, -0.15) is 5.26 Å². The Morgan fingerprint density at radius 2 is 1.46 bits per heavy atom. The van der Waals surface area contributed by atoms with Crippen LogP contribution < -0.4 is 0 Å². The molecule has 0 aliphatic heterocycles. The number of rotatable bonds is 27. The molecule has 0 aliphatic carbocycles. The first-order chi connectivity index (χ1) is 19.0. The minimum absolute atomic E-state index is 0.158. The monoisotopic (exact) mass is 604 g/mol. The van der Waals surface area contributed by atoms with E-state index in [1.54, 1.807) is 11.8 Å². The van der Waals surface area contributed by atoms with Crippen LogP contribution in [0, 0.1) is 11.3 Å². The molecule has 0 saturated carbocycles. The molecule has 0 aliphatic rings. The van der Waals surface area contributed by atoms with Gasteiger partial charge in [-0.25, -0.2) is 0 Å². The standard InChI is InChI=1S/C27H48N4O5S3/c1-3-4-5-6-7-8-9-10-11-12-23-38-26(37)39-27(2,24-28)14-13-25(32)36-22-21-35-20-19-34-18-17-33-16-15-30-31-29/h3-23H2,1-2H3. The molecule has 1 atom stereocenters. The lowest BCUT2D eigenvalue weighted by Gasteiger charge is -2.20. The van der Waals surface area contributed by atoms with Crippen LogP contribution >= 0.6 is 35.7 Å². The van der Waals surface area contributed by atoms with E-state index < -0.39 is 4.75 Å². The average molecular weight is 605 g/mol. The van der Waals surface area contributed by atoms with Crippen LogP contribution in [0.25, 0.3) is 10.4 Å². The van der Waals surface area contributed by atoms with E-state index >= 15 is 0 Å². The van der Waals surface area contributed by atoms with Gasteiger partial charge in [-0.1, -0.05) is 93.8 Å². The molecule has 0 N–H and O–H groups in total. The van der Waals surface area contributed by atoms with Crippen molar-refractivity contribution in [2.45, 2.75) is 95.6 Å². The predicted molar refractivity (Wildman–Crippen MR) is 165 cm³/mol. The van der Waals surface area contributed by atoms with E-state index in [1.165, 1.54) is 69.5 Å². The second-order valence-electron chi connectivity index (χ2n) is 9.24. The fourth-order valence-corrected chi connectivity index (χ4v) is 6.38. The number of unbranched alkanes of at least 4 members (excludes halogenated alkanes) is 9. The van der Waals surface area contributed by atoms with Crippen LogP contribution in [0.3, 0.4) is 0 Å². The number of azide groups is 1. The number of nitriles is 1. The number of carbonyl (C=O) groups is 1. The molecule has 224 valence electrons. The van der Waals surface area contributed by atoms with Crippen LogP contribution in [-0.2, 0) is 23.7 Å². The van der Waals surface area contributed by atoms with Crippen molar-refractivity contribution in [3.8, 4) is 6.07 Å². The highest BCUT2D eigenvalue weighted by Crippen LogP contribution is 2.35. The Morgan fingerprint density at radius 3 is 2.03 bits per heavy atom. The van der Waals surface area contributed by atoms with Crippen LogP contribution in [0.15, 0.2) is 5.11 Å². The number of esters is 1. The van der Waals surface area contributed by atoms with Crippen molar-refractivity contribution in [3.05, 3.63) is 10.4 Å². The maximum Gasteiger partial charge on any atom is 0.305 e. The molecule has 12 heteroatoms. The molecule has 0 aromatic heterocycles. The Morgan fingerprint density at radius 1 is 0.923 bits per heavy atom. The van der Waals surface area contributed by atoms with E-state index in [-0.39, 0.29) is 25.6 Å². The molecule has 0 bridgehead atoms. The molecule has 0 heterocycles. The summed E-state index contributed by atoms with van der Waals surface area (Å²) in [5, 5.41) is 13.0. The molecule has 0 fully saturated rings. The molecule has 1 unspecified atom stereocenters. The van der Waals surface area contributed by atoms with Gasteiger partial charge >= 0.3 is 5.97 Å². The van der Waals surface area contributed by atoms with Gasteiger partial charge in [-0.3, -0.25) is 4.79 Å². The van der Waals surface area contributed by atoms with E-state index in [0.717, 1.165) is 15.7 Å². The van der Waals surface area contributed by atoms with Crippen molar-refractivity contribution in [2.75, 3.05) is 58.5 Å². The highest BCUT2D eigenvalue weighted by atomic mass is 32.2. The Balaban J connectivity index is 3.72. The average Bonchev–Trinajstić information content (AvgIpc) is 2.93. The van der Waals surface area contributed by atoms with Gasteiger partial charge in [0, 0.05) is 17.9 Å². The molecular weight excluding hydrogens is 557 g/mol. The number of nitrogens with zero attached hydrogens (tertiary/aromatic N) is 4. The fourth-order valence-electron chi connectivity index (χ4n) is 3.41. The number of carbonyl (C=O) groups excluding carboxylic acids is 1. The van der Waals surface area contributed by atoms with Crippen molar-refractivity contribution in [1.82, 2.24) is 0 Å². The van der Waals surface area contributed by atoms with E-state index in [0.29, 0.717) is 46.0 Å². The highest BCUT2D eigenvalue weighted by molar-refractivity contribution is 8.47. The quantitative estimate of drug-likeness (QED) is 0.0232. The molecule has 0 aromatic rings. The zero-order valence-corrected chi connectivity index (χ0v) is 26.4. The lowest BCUT2D eigenvalue weighted by atomic mass is 10.1. The Labute approximate surface area is 249 Å². The van der Waals surface area contributed by atoms with Crippen LogP contribution in [0.4, 0.5) is 0 Å². The van der Waals surface area contributed by atoms with Crippen molar-refractivity contribution in [3.63, 3.8) is 0 Å². The van der Waals surface area contributed by atoms with Gasteiger partial charge in [0.1, 0.15) is 14.9 Å². The molecule has 0 aromatic carbocycles. The van der Waals surface area contributed by atoms with Crippen LogP contribution in [0.2, 0.25) is 0 Å². The normalized spacial score (nSPS) is 12.3. The summed E-state index contributed by atoms with van der Waals surface area (Å²) in [5.41, 5.74) is 8.14.